The third-order valence-corrected chi connectivity index (χ3v) is 6.08. The van der Waals surface area contributed by atoms with Crippen molar-refractivity contribution < 1.29 is 22.7 Å². The second-order valence-corrected chi connectivity index (χ2v) is 8.82. The Morgan fingerprint density at radius 1 is 1.31 bits per heavy atom. The van der Waals surface area contributed by atoms with Gasteiger partial charge in [0.2, 0.25) is 15.9 Å². The van der Waals surface area contributed by atoms with Crippen LogP contribution in [0.15, 0.2) is 24.3 Å². The van der Waals surface area contributed by atoms with Gasteiger partial charge >= 0.3 is 0 Å². The van der Waals surface area contributed by atoms with Gasteiger partial charge in [-0.05, 0) is 25.5 Å². The second-order valence-electron chi connectivity index (χ2n) is 6.32. The van der Waals surface area contributed by atoms with Gasteiger partial charge in [0, 0.05) is 24.7 Å². The van der Waals surface area contributed by atoms with E-state index in [0.717, 1.165) is 5.56 Å². The third-order valence-electron chi connectivity index (χ3n) is 3.91. The maximum Gasteiger partial charge on any atom is 0.246 e. The highest BCUT2D eigenvalue weighted by molar-refractivity contribution is 7.89. The molecule has 1 heterocycles. The number of nitrogens with one attached hydrogen (secondary N) is 1. The minimum Gasteiger partial charge on any atom is -0.373 e. The highest BCUT2D eigenvalue weighted by Crippen LogP contribution is 2.16. The number of halogens is 1. The molecule has 1 fully saturated rings. The van der Waals surface area contributed by atoms with Crippen molar-refractivity contribution in [1.29, 1.82) is 0 Å². The maximum atomic E-state index is 12.4. The summed E-state index contributed by atoms with van der Waals surface area (Å²) < 4.78 is 37.0. The minimum absolute atomic E-state index is 0.0384. The average Bonchev–Trinajstić information content (AvgIpc) is 2.55. The molecule has 26 heavy (non-hydrogen) atoms. The van der Waals surface area contributed by atoms with Gasteiger partial charge < -0.3 is 14.8 Å². The normalized spacial score (nSPS) is 21.5. The standard InChI is InChI=1S/C17H25ClN2O5S/c1-13-9-20(10-14(2)25-13)26(22,23)8-7-19-17(21)12-24-11-15-5-3-4-6-16(15)18/h3-6,13-14H,7-12H2,1-2H3,(H,19,21). The Bertz CT molecular complexity index is 703. The number of hydrogen-bond acceptors (Lipinski definition) is 5. The number of nitrogens with zero attached hydrogens (tertiary/aromatic N) is 1. The average molecular weight is 405 g/mol. The lowest BCUT2D eigenvalue weighted by Crippen LogP contribution is -2.49. The second kappa shape index (κ2) is 9.66. The molecular formula is C17H25ClN2O5S. The molecule has 146 valence electrons. The van der Waals surface area contributed by atoms with Crippen LogP contribution in [0.2, 0.25) is 5.02 Å². The van der Waals surface area contributed by atoms with Crippen LogP contribution in [0.25, 0.3) is 0 Å². The first-order chi connectivity index (χ1) is 12.3. The van der Waals surface area contributed by atoms with Crippen LogP contribution in [-0.4, -0.2) is 62.8 Å². The molecule has 2 rings (SSSR count). The summed E-state index contributed by atoms with van der Waals surface area (Å²) in [6, 6.07) is 7.22. The van der Waals surface area contributed by atoms with Gasteiger partial charge in [-0.1, -0.05) is 29.8 Å². The van der Waals surface area contributed by atoms with Crippen LogP contribution >= 0.6 is 11.6 Å². The van der Waals surface area contributed by atoms with Crippen LogP contribution < -0.4 is 5.32 Å². The van der Waals surface area contributed by atoms with Gasteiger partial charge in [-0.15, -0.1) is 0 Å². The molecule has 1 amide bonds. The van der Waals surface area contributed by atoms with Gasteiger partial charge in [-0.25, -0.2) is 8.42 Å². The zero-order chi connectivity index (χ0) is 19.2. The quantitative estimate of drug-likeness (QED) is 0.708. The highest BCUT2D eigenvalue weighted by atomic mass is 35.5. The lowest BCUT2D eigenvalue weighted by molar-refractivity contribution is -0.125. The van der Waals surface area contributed by atoms with E-state index in [1.807, 2.05) is 32.0 Å². The summed E-state index contributed by atoms with van der Waals surface area (Å²) in [7, 11) is -3.43. The first-order valence-corrected chi connectivity index (χ1v) is 10.5. The SMILES string of the molecule is CC1CN(S(=O)(=O)CCNC(=O)COCc2ccccc2Cl)CC(C)O1. The minimum atomic E-state index is -3.43. The fraction of sp³-hybridized carbons (Fsp3) is 0.588. The molecule has 1 saturated heterocycles. The van der Waals surface area contributed by atoms with Gasteiger partial charge in [0.15, 0.2) is 0 Å². The van der Waals surface area contributed by atoms with Crippen molar-refractivity contribution in [2.75, 3.05) is 32.0 Å². The number of sulfonamides is 1. The van der Waals surface area contributed by atoms with Gasteiger partial charge in [-0.3, -0.25) is 4.79 Å². The van der Waals surface area contributed by atoms with Gasteiger partial charge in [0.25, 0.3) is 0 Å². The number of hydrogen-bond donors (Lipinski definition) is 1. The van der Waals surface area contributed by atoms with E-state index in [1.54, 1.807) is 6.07 Å². The Hall–Kier alpha value is -1.19. The van der Waals surface area contributed by atoms with Gasteiger partial charge in [0.05, 0.1) is 24.6 Å². The highest BCUT2D eigenvalue weighted by Gasteiger charge is 2.30. The van der Waals surface area contributed by atoms with E-state index in [2.05, 4.69) is 5.32 Å². The summed E-state index contributed by atoms with van der Waals surface area (Å²) in [5, 5.41) is 3.14. The maximum absolute atomic E-state index is 12.4. The van der Waals surface area contributed by atoms with Crippen LogP contribution in [-0.2, 0) is 30.9 Å². The smallest absolute Gasteiger partial charge is 0.246 e. The van der Waals surface area contributed by atoms with Crippen LogP contribution in [0, 0.1) is 0 Å². The van der Waals surface area contributed by atoms with Crippen LogP contribution in [0.1, 0.15) is 19.4 Å². The molecule has 0 saturated carbocycles. The summed E-state index contributed by atoms with van der Waals surface area (Å²) in [5.41, 5.74) is 0.792. The summed E-state index contributed by atoms with van der Waals surface area (Å²) >= 11 is 6.01. The van der Waals surface area contributed by atoms with Gasteiger partial charge in [0.1, 0.15) is 6.61 Å². The fourth-order valence-corrected chi connectivity index (χ4v) is 4.41. The van der Waals surface area contributed by atoms with Crippen molar-refractivity contribution >= 4 is 27.5 Å². The molecule has 9 heteroatoms. The molecule has 0 bridgehead atoms. The van der Waals surface area contributed by atoms with E-state index in [4.69, 9.17) is 21.1 Å². The molecule has 0 spiro atoms. The number of ether oxygens (including phenoxy) is 2. The van der Waals surface area contributed by atoms with Crippen molar-refractivity contribution in [3.63, 3.8) is 0 Å². The largest absolute Gasteiger partial charge is 0.373 e. The third kappa shape index (κ3) is 6.51. The molecule has 0 radical (unpaired) electrons. The van der Waals surface area contributed by atoms with Crippen molar-refractivity contribution in [2.24, 2.45) is 0 Å². The number of amides is 1. The van der Waals surface area contributed by atoms with Crippen molar-refractivity contribution in [2.45, 2.75) is 32.7 Å². The van der Waals surface area contributed by atoms with Crippen LogP contribution in [0.3, 0.4) is 0 Å². The Labute approximate surface area is 159 Å². The number of carbonyl (C=O) groups is 1. The topological polar surface area (TPSA) is 84.9 Å². The molecule has 1 aromatic carbocycles. The number of rotatable bonds is 8. The molecule has 0 aliphatic carbocycles. The summed E-state index contributed by atoms with van der Waals surface area (Å²) in [5.74, 6) is -0.515. The summed E-state index contributed by atoms with van der Waals surface area (Å²) in [6.07, 6.45) is -0.275. The van der Waals surface area contributed by atoms with E-state index in [-0.39, 0.29) is 43.6 Å². The van der Waals surface area contributed by atoms with Crippen molar-refractivity contribution in [3.05, 3.63) is 34.9 Å². The zero-order valence-electron chi connectivity index (χ0n) is 15.0. The summed E-state index contributed by atoms with van der Waals surface area (Å²) in [4.78, 5) is 11.8. The first kappa shape index (κ1) is 21.1. The molecule has 1 aliphatic heterocycles. The lowest BCUT2D eigenvalue weighted by Gasteiger charge is -2.34. The Morgan fingerprint density at radius 2 is 1.96 bits per heavy atom. The van der Waals surface area contributed by atoms with E-state index in [9.17, 15) is 13.2 Å². The molecule has 1 aromatic rings. The van der Waals surface area contributed by atoms with Crippen LogP contribution in [0.4, 0.5) is 0 Å². The molecule has 1 aliphatic rings. The molecule has 2 atom stereocenters. The summed E-state index contributed by atoms with van der Waals surface area (Å²) in [6.45, 7) is 4.46. The van der Waals surface area contributed by atoms with Gasteiger partial charge in [-0.2, -0.15) is 4.31 Å². The Kier molecular flexibility index (Phi) is 7.85. The fourth-order valence-electron chi connectivity index (χ4n) is 2.73. The molecule has 7 nitrogen and oxygen atoms in total. The number of morpholine rings is 1. The predicted molar refractivity (Wildman–Crippen MR) is 99.5 cm³/mol. The lowest BCUT2D eigenvalue weighted by atomic mass is 10.2. The van der Waals surface area contributed by atoms with E-state index in [0.29, 0.717) is 18.1 Å². The molecule has 1 N–H and O–H groups in total. The molecule has 0 aromatic heterocycles. The van der Waals surface area contributed by atoms with Crippen molar-refractivity contribution in [1.82, 2.24) is 9.62 Å². The first-order valence-electron chi connectivity index (χ1n) is 8.49. The van der Waals surface area contributed by atoms with Crippen molar-refractivity contribution in [3.8, 4) is 0 Å². The predicted octanol–water partition coefficient (Wildman–Crippen LogP) is 1.41. The Balaban J connectivity index is 1.69. The van der Waals surface area contributed by atoms with E-state index in [1.165, 1.54) is 4.31 Å². The number of benzene rings is 1. The molecule has 2 unspecified atom stereocenters. The molecular weight excluding hydrogens is 380 g/mol. The van der Waals surface area contributed by atoms with E-state index < -0.39 is 10.0 Å². The number of carbonyl (C=O) groups excluding carboxylic acids is 1. The Morgan fingerprint density at radius 3 is 2.62 bits per heavy atom. The van der Waals surface area contributed by atoms with E-state index >= 15 is 0 Å². The van der Waals surface area contributed by atoms with Crippen LogP contribution in [0.5, 0.6) is 0 Å². The zero-order valence-corrected chi connectivity index (χ0v) is 16.6. The monoisotopic (exact) mass is 404 g/mol.